The molecule has 1 aromatic rings. The predicted molar refractivity (Wildman–Crippen MR) is 86.1 cm³/mol. The molecule has 1 aliphatic carbocycles. The highest BCUT2D eigenvalue weighted by Gasteiger charge is 2.35. The van der Waals surface area contributed by atoms with Crippen molar-refractivity contribution in [3.8, 4) is 0 Å². The normalized spacial score (nSPS) is 18.0. The molecule has 1 aromatic carbocycles. The van der Waals surface area contributed by atoms with Crippen molar-refractivity contribution in [1.29, 1.82) is 0 Å². The zero-order valence-electron chi connectivity index (χ0n) is 12.6. The summed E-state index contributed by atoms with van der Waals surface area (Å²) >= 11 is 0. The van der Waals surface area contributed by atoms with Crippen molar-refractivity contribution >= 4 is 27.5 Å². The van der Waals surface area contributed by atoms with Crippen LogP contribution in [0.5, 0.6) is 0 Å². The molecule has 0 aromatic heterocycles. The number of nitrogens with zero attached hydrogens (tertiary/aromatic N) is 1. The van der Waals surface area contributed by atoms with Gasteiger partial charge in [0, 0.05) is 24.7 Å². The molecule has 0 bridgehead atoms. The lowest BCUT2D eigenvalue weighted by Gasteiger charge is -2.30. The molecule has 3 rings (SSSR count). The van der Waals surface area contributed by atoms with Crippen molar-refractivity contribution in [3.05, 3.63) is 23.8 Å². The molecule has 1 fully saturated rings. The van der Waals surface area contributed by atoms with Crippen LogP contribution in [-0.4, -0.2) is 27.4 Å². The smallest absolute Gasteiger partial charge is 0.299 e. The molecule has 22 heavy (non-hydrogen) atoms. The Hall–Kier alpha value is -1.60. The zero-order chi connectivity index (χ0) is 15.7. The summed E-state index contributed by atoms with van der Waals surface area (Å²) in [6.07, 6.45) is 3.76. The van der Waals surface area contributed by atoms with Crippen molar-refractivity contribution in [3.63, 3.8) is 0 Å². The fraction of sp³-hybridized carbons (Fsp3) is 0.533. The van der Waals surface area contributed by atoms with Gasteiger partial charge in [-0.25, -0.2) is 0 Å². The van der Waals surface area contributed by atoms with E-state index in [0.29, 0.717) is 12.2 Å². The molecule has 6 nitrogen and oxygen atoms in total. The average molecular weight is 323 g/mol. The van der Waals surface area contributed by atoms with Gasteiger partial charge in [-0.3, -0.25) is 9.52 Å². The highest BCUT2D eigenvalue weighted by Crippen LogP contribution is 2.36. The third-order valence-electron chi connectivity index (χ3n) is 3.98. The number of fused-ring (bicyclic) bond motifs is 1. The van der Waals surface area contributed by atoms with Gasteiger partial charge >= 0.3 is 0 Å². The van der Waals surface area contributed by atoms with Gasteiger partial charge in [-0.05, 0) is 49.4 Å². The third-order valence-corrected chi connectivity index (χ3v) is 5.15. The van der Waals surface area contributed by atoms with E-state index in [4.69, 9.17) is 0 Å². The Balaban J connectivity index is 1.82. The van der Waals surface area contributed by atoms with Gasteiger partial charge in [-0.1, -0.05) is 6.92 Å². The molecular formula is C15H21N3O3S. The van der Waals surface area contributed by atoms with Crippen LogP contribution in [0.25, 0.3) is 0 Å². The molecule has 0 unspecified atom stereocenters. The van der Waals surface area contributed by atoms with Gasteiger partial charge in [-0.15, -0.1) is 0 Å². The lowest BCUT2D eigenvalue weighted by molar-refractivity contribution is -0.119. The van der Waals surface area contributed by atoms with Gasteiger partial charge in [-0.2, -0.15) is 13.1 Å². The van der Waals surface area contributed by atoms with Crippen molar-refractivity contribution in [2.45, 2.75) is 32.6 Å². The number of benzene rings is 1. The number of carbonyl (C=O) groups is 1. The highest BCUT2D eigenvalue weighted by molar-refractivity contribution is 7.90. The maximum absolute atomic E-state index is 12.3. The summed E-state index contributed by atoms with van der Waals surface area (Å²) in [5.74, 6) is 0.403. The third kappa shape index (κ3) is 3.25. The minimum absolute atomic E-state index is 0.192. The van der Waals surface area contributed by atoms with E-state index in [1.165, 1.54) is 0 Å². The summed E-state index contributed by atoms with van der Waals surface area (Å²) in [5.41, 5.74) is 2.48. The molecule has 2 aliphatic rings. The Morgan fingerprint density at radius 1 is 1.36 bits per heavy atom. The van der Waals surface area contributed by atoms with Crippen molar-refractivity contribution in [1.82, 2.24) is 4.72 Å². The first-order chi connectivity index (χ1) is 10.5. The molecular weight excluding hydrogens is 302 g/mol. The second-order valence-electron chi connectivity index (χ2n) is 5.81. The Morgan fingerprint density at radius 2 is 2.14 bits per heavy atom. The molecule has 0 spiro atoms. The maximum atomic E-state index is 12.3. The van der Waals surface area contributed by atoms with Crippen LogP contribution in [0.15, 0.2) is 18.2 Å². The second-order valence-corrected chi connectivity index (χ2v) is 7.31. The van der Waals surface area contributed by atoms with E-state index in [1.54, 1.807) is 13.0 Å². The summed E-state index contributed by atoms with van der Waals surface area (Å²) < 4.78 is 28.4. The van der Waals surface area contributed by atoms with Crippen molar-refractivity contribution in [2.24, 2.45) is 5.92 Å². The zero-order valence-corrected chi connectivity index (χ0v) is 13.4. The molecule has 1 amide bonds. The number of anilines is 2. The number of amides is 1. The summed E-state index contributed by atoms with van der Waals surface area (Å²) in [6.45, 7) is 2.82. The molecule has 7 heteroatoms. The van der Waals surface area contributed by atoms with Gasteiger partial charge in [0.05, 0.1) is 5.69 Å². The average Bonchev–Trinajstić information content (AvgIpc) is 3.29. The van der Waals surface area contributed by atoms with Crippen LogP contribution in [0.4, 0.5) is 11.4 Å². The number of carbonyl (C=O) groups excluding carboxylic acids is 1. The summed E-state index contributed by atoms with van der Waals surface area (Å²) in [7, 11) is -3.53. The van der Waals surface area contributed by atoms with E-state index in [2.05, 4.69) is 9.44 Å². The van der Waals surface area contributed by atoms with E-state index >= 15 is 0 Å². The first kappa shape index (κ1) is 15.3. The maximum Gasteiger partial charge on any atom is 0.299 e. The molecule has 1 heterocycles. The van der Waals surface area contributed by atoms with E-state index < -0.39 is 10.2 Å². The number of hydrogen-bond acceptors (Lipinski definition) is 3. The molecule has 0 saturated heterocycles. The summed E-state index contributed by atoms with van der Waals surface area (Å²) in [6, 6.07) is 5.39. The van der Waals surface area contributed by atoms with Gasteiger partial charge in [0.2, 0.25) is 5.91 Å². The van der Waals surface area contributed by atoms with Crippen LogP contribution in [0.2, 0.25) is 0 Å². The van der Waals surface area contributed by atoms with Crippen LogP contribution >= 0.6 is 0 Å². The minimum atomic E-state index is -3.53. The number of nitrogens with one attached hydrogen (secondary N) is 2. The highest BCUT2D eigenvalue weighted by atomic mass is 32.2. The molecule has 0 radical (unpaired) electrons. The topological polar surface area (TPSA) is 78.5 Å². The Labute approximate surface area is 131 Å². The summed E-state index contributed by atoms with van der Waals surface area (Å²) in [4.78, 5) is 14.2. The first-order valence-electron chi connectivity index (χ1n) is 7.72. The van der Waals surface area contributed by atoms with Gasteiger partial charge in [0.1, 0.15) is 0 Å². The van der Waals surface area contributed by atoms with Gasteiger partial charge in [0.15, 0.2) is 0 Å². The molecule has 120 valence electrons. The monoisotopic (exact) mass is 323 g/mol. The minimum Gasteiger partial charge on any atom is -0.312 e. The van der Waals surface area contributed by atoms with E-state index in [0.717, 1.165) is 43.5 Å². The Bertz CT molecular complexity index is 683. The van der Waals surface area contributed by atoms with Crippen LogP contribution in [0.3, 0.4) is 0 Å². The van der Waals surface area contributed by atoms with Crippen LogP contribution in [-0.2, 0) is 21.4 Å². The standard InChI is InChI=1S/C15H21N3O3S/c1-2-16-22(20,21)17-13-7-8-14-12(10-13)4-3-9-18(14)15(19)11-5-6-11/h7-8,10-11,16-17H,2-6,9H2,1H3. The summed E-state index contributed by atoms with van der Waals surface area (Å²) in [5, 5.41) is 0. The fourth-order valence-corrected chi connectivity index (χ4v) is 3.71. The van der Waals surface area contributed by atoms with Gasteiger partial charge in [0.25, 0.3) is 10.2 Å². The molecule has 2 N–H and O–H groups in total. The largest absolute Gasteiger partial charge is 0.312 e. The number of rotatable bonds is 5. The Morgan fingerprint density at radius 3 is 2.82 bits per heavy atom. The molecule has 1 aliphatic heterocycles. The number of hydrogen-bond donors (Lipinski definition) is 2. The fourth-order valence-electron chi connectivity index (χ4n) is 2.82. The lowest BCUT2D eigenvalue weighted by Crippen LogP contribution is -2.36. The van der Waals surface area contributed by atoms with Crippen molar-refractivity contribution < 1.29 is 13.2 Å². The van der Waals surface area contributed by atoms with Gasteiger partial charge < -0.3 is 4.90 Å². The molecule has 1 saturated carbocycles. The van der Waals surface area contributed by atoms with E-state index in [-0.39, 0.29) is 11.8 Å². The quantitative estimate of drug-likeness (QED) is 0.864. The van der Waals surface area contributed by atoms with E-state index in [1.807, 2.05) is 17.0 Å². The number of aryl methyl sites for hydroxylation is 1. The lowest BCUT2D eigenvalue weighted by atomic mass is 10.0. The van der Waals surface area contributed by atoms with Crippen LogP contribution in [0.1, 0.15) is 31.7 Å². The SMILES string of the molecule is CCNS(=O)(=O)Nc1ccc2c(c1)CCCN2C(=O)C1CC1. The van der Waals surface area contributed by atoms with Crippen molar-refractivity contribution in [2.75, 3.05) is 22.7 Å². The first-order valence-corrected chi connectivity index (χ1v) is 9.20. The second kappa shape index (κ2) is 5.89. The van der Waals surface area contributed by atoms with Crippen LogP contribution in [0, 0.1) is 5.92 Å². The predicted octanol–water partition coefficient (Wildman–Crippen LogP) is 1.64. The molecule has 0 atom stereocenters. The van der Waals surface area contributed by atoms with E-state index in [9.17, 15) is 13.2 Å². The van der Waals surface area contributed by atoms with Crippen LogP contribution < -0.4 is 14.3 Å². The Kier molecular flexibility index (Phi) is 4.10.